The number of aromatic nitrogens is 2. The smallest absolute Gasteiger partial charge is 0.255 e. The van der Waals surface area contributed by atoms with Gasteiger partial charge in [0.2, 0.25) is 5.95 Å². The molecule has 0 radical (unpaired) electrons. The first-order valence-electron chi connectivity index (χ1n) is 13.4. The van der Waals surface area contributed by atoms with Crippen molar-refractivity contribution in [2.24, 2.45) is 5.41 Å². The Kier molecular flexibility index (Phi) is 7.42. The largest absolute Gasteiger partial charge is 0.324 e. The summed E-state index contributed by atoms with van der Waals surface area (Å²) in [7, 11) is 0. The van der Waals surface area contributed by atoms with Crippen LogP contribution in [-0.2, 0) is 6.42 Å². The van der Waals surface area contributed by atoms with Crippen LogP contribution >= 0.6 is 0 Å². The number of hydrogen-bond acceptors (Lipinski definition) is 4. The van der Waals surface area contributed by atoms with E-state index in [1.54, 1.807) is 0 Å². The third-order valence-electron chi connectivity index (χ3n) is 6.77. The molecule has 2 N–H and O–H groups in total. The number of rotatable bonds is 7. The predicted octanol–water partition coefficient (Wildman–Crippen LogP) is 8.58. The van der Waals surface area contributed by atoms with Crippen LogP contribution in [0.5, 0.6) is 0 Å². The second-order valence-electron chi connectivity index (χ2n) is 11.1. The normalized spacial score (nSPS) is 11.4. The van der Waals surface area contributed by atoms with Crippen molar-refractivity contribution in [3.05, 3.63) is 114 Å². The zero-order valence-corrected chi connectivity index (χ0v) is 23.0. The van der Waals surface area contributed by atoms with E-state index in [2.05, 4.69) is 49.6 Å². The minimum absolute atomic E-state index is 0.133. The number of hydrogen-bond donors (Lipinski definition) is 2. The van der Waals surface area contributed by atoms with Crippen molar-refractivity contribution in [3.63, 3.8) is 0 Å². The number of benzene rings is 4. The summed E-state index contributed by atoms with van der Waals surface area (Å²) < 4.78 is 0. The third-order valence-corrected chi connectivity index (χ3v) is 6.77. The SMILES string of the molecule is Cc1ccc(CCC(C)(C)C)cc1NC(=O)c1ccc(Nc2nc(-c3ccccc3)c3ccccc3n2)cc1. The van der Waals surface area contributed by atoms with Crippen molar-refractivity contribution in [1.29, 1.82) is 0 Å². The van der Waals surface area contributed by atoms with Gasteiger partial charge in [-0.25, -0.2) is 9.97 Å². The Morgan fingerprint density at radius 1 is 0.821 bits per heavy atom. The molecule has 0 aliphatic rings. The highest BCUT2D eigenvalue weighted by atomic mass is 16.1. The van der Waals surface area contributed by atoms with E-state index in [4.69, 9.17) is 9.97 Å². The highest BCUT2D eigenvalue weighted by molar-refractivity contribution is 6.05. The Labute approximate surface area is 230 Å². The zero-order valence-electron chi connectivity index (χ0n) is 23.0. The minimum Gasteiger partial charge on any atom is -0.324 e. The molecule has 1 heterocycles. The maximum Gasteiger partial charge on any atom is 0.255 e. The summed E-state index contributed by atoms with van der Waals surface area (Å²) in [6.07, 6.45) is 2.07. The van der Waals surface area contributed by atoms with Gasteiger partial charge < -0.3 is 10.6 Å². The van der Waals surface area contributed by atoms with Crippen molar-refractivity contribution in [2.45, 2.75) is 40.5 Å². The number of nitrogens with one attached hydrogen (secondary N) is 2. The van der Waals surface area contributed by atoms with E-state index in [9.17, 15) is 4.79 Å². The third kappa shape index (κ3) is 6.50. The molecule has 5 rings (SSSR count). The number of carbonyl (C=O) groups excluding carboxylic acids is 1. The average Bonchev–Trinajstić information content (AvgIpc) is 2.93. The highest BCUT2D eigenvalue weighted by Gasteiger charge is 2.13. The molecule has 0 unspecified atom stereocenters. The van der Waals surface area contributed by atoms with Crippen molar-refractivity contribution in [1.82, 2.24) is 9.97 Å². The summed E-state index contributed by atoms with van der Waals surface area (Å²) >= 11 is 0. The van der Waals surface area contributed by atoms with Gasteiger partial charge in [-0.05, 0) is 72.7 Å². The molecule has 196 valence electrons. The Hall–Kier alpha value is -4.51. The van der Waals surface area contributed by atoms with Crippen LogP contribution in [0.15, 0.2) is 97.1 Å². The maximum atomic E-state index is 13.1. The van der Waals surface area contributed by atoms with Crippen LogP contribution in [-0.4, -0.2) is 15.9 Å². The lowest BCUT2D eigenvalue weighted by Gasteiger charge is -2.18. The fraction of sp³-hybridized carbons (Fsp3) is 0.206. The molecule has 0 bridgehead atoms. The Morgan fingerprint density at radius 2 is 1.54 bits per heavy atom. The van der Waals surface area contributed by atoms with Gasteiger partial charge in [-0.3, -0.25) is 4.79 Å². The second kappa shape index (κ2) is 11.1. The first-order chi connectivity index (χ1) is 18.7. The molecule has 0 spiro atoms. The van der Waals surface area contributed by atoms with E-state index in [1.807, 2.05) is 85.8 Å². The molecule has 5 heteroatoms. The maximum absolute atomic E-state index is 13.1. The Bertz CT molecular complexity index is 1600. The van der Waals surface area contributed by atoms with Crippen molar-refractivity contribution >= 4 is 34.1 Å². The summed E-state index contributed by atoms with van der Waals surface area (Å²) in [6.45, 7) is 8.76. The molecule has 0 aliphatic carbocycles. The van der Waals surface area contributed by atoms with Crippen LogP contribution < -0.4 is 10.6 Å². The van der Waals surface area contributed by atoms with Crippen LogP contribution in [0.4, 0.5) is 17.3 Å². The molecule has 0 aliphatic heterocycles. The summed E-state index contributed by atoms with van der Waals surface area (Å²) in [5, 5.41) is 7.40. The fourth-order valence-corrected chi connectivity index (χ4v) is 4.46. The monoisotopic (exact) mass is 514 g/mol. The summed E-state index contributed by atoms with van der Waals surface area (Å²) in [6, 6.07) is 31.8. The molecule has 0 fully saturated rings. The Balaban J connectivity index is 1.32. The van der Waals surface area contributed by atoms with Gasteiger partial charge in [0.25, 0.3) is 5.91 Å². The average molecular weight is 515 g/mol. The Morgan fingerprint density at radius 3 is 2.28 bits per heavy atom. The van der Waals surface area contributed by atoms with Gasteiger partial charge in [0.1, 0.15) is 0 Å². The van der Waals surface area contributed by atoms with Gasteiger partial charge in [-0.2, -0.15) is 0 Å². The van der Waals surface area contributed by atoms with Gasteiger partial charge in [-0.1, -0.05) is 81.4 Å². The van der Waals surface area contributed by atoms with Crippen molar-refractivity contribution in [2.75, 3.05) is 10.6 Å². The first kappa shape index (κ1) is 26.1. The molecule has 0 saturated heterocycles. The van der Waals surface area contributed by atoms with E-state index in [0.29, 0.717) is 11.5 Å². The van der Waals surface area contributed by atoms with E-state index in [-0.39, 0.29) is 11.3 Å². The molecular weight excluding hydrogens is 480 g/mol. The molecule has 5 aromatic rings. The summed E-state index contributed by atoms with van der Waals surface area (Å²) in [4.78, 5) is 22.6. The number of carbonyl (C=O) groups is 1. The fourth-order valence-electron chi connectivity index (χ4n) is 4.46. The molecule has 4 aromatic carbocycles. The molecular formula is C34H34N4O. The van der Waals surface area contributed by atoms with E-state index in [1.165, 1.54) is 5.56 Å². The number of nitrogens with zero attached hydrogens (tertiary/aromatic N) is 2. The lowest BCUT2D eigenvalue weighted by Crippen LogP contribution is -2.13. The van der Waals surface area contributed by atoms with Crippen LogP contribution in [0.25, 0.3) is 22.2 Å². The van der Waals surface area contributed by atoms with E-state index in [0.717, 1.165) is 51.9 Å². The van der Waals surface area contributed by atoms with E-state index >= 15 is 0 Å². The van der Waals surface area contributed by atoms with E-state index < -0.39 is 0 Å². The molecule has 1 aromatic heterocycles. The van der Waals surface area contributed by atoms with Crippen LogP contribution in [0.2, 0.25) is 0 Å². The predicted molar refractivity (Wildman–Crippen MR) is 162 cm³/mol. The first-order valence-corrected chi connectivity index (χ1v) is 13.4. The van der Waals surface area contributed by atoms with Crippen molar-refractivity contribution in [3.8, 4) is 11.3 Å². The molecule has 0 atom stereocenters. The summed E-state index contributed by atoms with van der Waals surface area (Å²) in [5.41, 5.74) is 7.57. The minimum atomic E-state index is -0.133. The van der Waals surface area contributed by atoms with Gasteiger partial charge in [0.15, 0.2) is 0 Å². The summed E-state index contributed by atoms with van der Waals surface area (Å²) in [5.74, 6) is 0.374. The number of fused-ring (bicyclic) bond motifs is 1. The van der Waals surface area contributed by atoms with Gasteiger partial charge in [0.05, 0.1) is 11.2 Å². The highest BCUT2D eigenvalue weighted by Crippen LogP contribution is 2.28. The molecule has 1 amide bonds. The van der Waals surface area contributed by atoms with Crippen LogP contribution in [0.3, 0.4) is 0 Å². The standard InChI is InChI=1S/C34H34N4O/c1-23-14-15-24(20-21-34(2,3)4)22-30(23)36-32(39)26-16-18-27(19-17-26)35-33-37-29-13-9-8-12-28(29)31(38-33)25-10-6-5-7-11-25/h5-19,22H,20-21H2,1-4H3,(H,36,39)(H,35,37,38). The lowest BCUT2D eigenvalue weighted by atomic mass is 9.88. The second-order valence-corrected chi connectivity index (χ2v) is 11.1. The van der Waals surface area contributed by atoms with Gasteiger partial charge >= 0.3 is 0 Å². The molecule has 39 heavy (non-hydrogen) atoms. The van der Waals surface area contributed by atoms with Crippen LogP contribution in [0.1, 0.15) is 48.7 Å². The zero-order chi connectivity index (χ0) is 27.4. The lowest BCUT2D eigenvalue weighted by molar-refractivity contribution is 0.102. The number of para-hydroxylation sites is 1. The number of aryl methyl sites for hydroxylation is 2. The number of anilines is 3. The van der Waals surface area contributed by atoms with Crippen LogP contribution in [0, 0.1) is 12.3 Å². The number of amides is 1. The quantitative estimate of drug-likeness (QED) is 0.228. The topological polar surface area (TPSA) is 66.9 Å². The van der Waals surface area contributed by atoms with Crippen molar-refractivity contribution < 1.29 is 4.79 Å². The molecule has 0 saturated carbocycles. The van der Waals surface area contributed by atoms with Gasteiger partial charge in [0, 0.05) is 27.9 Å². The van der Waals surface area contributed by atoms with Gasteiger partial charge in [-0.15, -0.1) is 0 Å². The molecule has 5 nitrogen and oxygen atoms in total.